The van der Waals surface area contributed by atoms with Gasteiger partial charge < -0.3 is 4.74 Å². The molecule has 4 nitrogen and oxygen atoms in total. The summed E-state index contributed by atoms with van der Waals surface area (Å²) in [5, 5.41) is 0.329. The van der Waals surface area contributed by atoms with Crippen LogP contribution in [0.1, 0.15) is 19.0 Å². The molecule has 0 atom stereocenters. The van der Waals surface area contributed by atoms with Crippen LogP contribution in [-0.4, -0.2) is 22.5 Å². The van der Waals surface area contributed by atoms with E-state index in [1.54, 1.807) is 6.92 Å². The normalized spacial score (nSPS) is 10.7. The van der Waals surface area contributed by atoms with E-state index >= 15 is 0 Å². The Bertz CT molecular complexity index is 619. The second-order valence-corrected chi connectivity index (χ2v) is 5.17. The summed E-state index contributed by atoms with van der Waals surface area (Å²) in [5.41, 5.74) is 2.09. The molecule has 0 unspecified atom stereocenters. The number of nitrogens with zero attached hydrogens (tertiary/aromatic N) is 2. The quantitative estimate of drug-likeness (QED) is 0.797. The maximum atomic E-state index is 11.3. The Balaban J connectivity index is 2.21. The van der Waals surface area contributed by atoms with Gasteiger partial charge >= 0.3 is 5.97 Å². The summed E-state index contributed by atoms with van der Waals surface area (Å²) in [6.07, 6.45) is 0.681. The summed E-state index contributed by atoms with van der Waals surface area (Å²) < 4.78 is 5.79. The highest BCUT2D eigenvalue weighted by Crippen LogP contribution is 2.21. The SMILES string of the molecule is CCOC(=O)CCc1nc2ccc(Br)cc2nc1Cl. The number of fused-ring (bicyclic) bond motifs is 1. The molecule has 100 valence electrons. The van der Waals surface area contributed by atoms with Crippen molar-refractivity contribution in [3.8, 4) is 0 Å². The highest BCUT2D eigenvalue weighted by atomic mass is 79.9. The van der Waals surface area contributed by atoms with Crippen LogP contribution in [0.5, 0.6) is 0 Å². The predicted molar refractivity (Wildman–Crippen MR) is 77.2 cm³/mol. The van der Waals surface area contributed by atoms with E-state index in [0.29, 0.717) is 23.9 Å². The van der Waals surface area contributed by atoms with Crippen molar-refractivity contribution in [2.24, 2.45) is 0 Å². The van der Waals surface area contributed by atoms with E-state index < -0.39 is 0 Å². The first-order valence-corrected chi connectivity index (χ1v) is 7.04. The highest BCUT2D eigenvalue weighted by molar-refractivity contribution is 9.10. The van der Waals surface area contributed by atoms with Crippen molar-refractivity contribution in [1.82, 2.24) is 9.97 Å². The van der Waals surface area contributed by atoms with Crippen LogP contribution in [0.3, 0.4) is 0 Å². The molecule has 0 fully saturated rings. The Labute approximate surface area is 124 Å². The number of ether oxygens (including phenoxy) is 1. The number of carbonyl (C=O) groups excluding carboxylic acids is 1. The zero-order valence-electron chi connectivity index (χ0n) is 10.3. The lowest BCUT2D eigenvalue weighted by Crippen LogP contribution is -2.06. The Kier molecular flexibility index (Phi) is 4.71. The lowest BCUT2D eigenvalue weighted by Gasteiger charge is -2.05. The largest absolute Gasteiger partial charge is 0.466 e. The third-order valence-corrected chi connectivity index (χ3v) is 3.32. The highest BCUT2D eigenvalue weighted by Gasteiger charge is 2.10. The number of aromatic nitrogens is 2. The Morgan fingerprint density at radius 1 is 1.37 bits per heavy atom. The van der Waals surface area contributed by atoms with Crippen LogP contribution < -0.4 is 0 Å². The molecule has 0 spiro atoms. The van der Waals surface area contributed by atoms with Crippen LogP contribution in [0.4, 0.5) is 0 Å². The molecule has 0 radical (unpaired) electrons. The molecule has 0 N–H and O–H groups in total. The smallest absolute Gasteiger partial charge is 0.306 e. The van der Waals surface area contributed by atoms with Crippen molar-refractivity contribution < 1.29 is 9.53 Å². The molecule has 1 aromatic carbocycles. The van der Waals surface area contributed by atoms with Gasteiger partial charge in [-0.15, -0.1) is 0 Å². The minimum Gasteiger partial charge on any atom is -0.466 e. The molecule has 0 amide bonds. The minimum atomic E-state index is -0.253. The van der Waals surface area contributed by atoms with Gasteiger partial charge in [0, 0.05) is 10.9 Å². The second kappa shape index (κ2) is 6.30. The molecule has 6 heteroatoms. The molecule has 19 heavy (non-hydrogen) atoms. The van der Waals surface area contributed by atoms with E-state index in [9.17, 15) is 4.79 Å². The molecule has 1 aromatic heterocycles. The van der Waals surface area contributed by atoms with E-state index in [1.165, 1.54) is 0 Å². The number of halogens is 2. The standard InChI is InChI=1S/C13H12BrClN2O2/c1-2-19-12(18)6-5-10-13(15)17-11-7-8(14)3-4-9(11)16-10/h3-4,7H,2,5-6H2,1H3. The van der Waals surface area contributed by atoms with Gasteiger partial charge in [-0.3, -0.25) is 4.79 Å². The molecule has 0 bridgehead atoms. The van der Waals surface area contributed by atoms with Gasteiger partial charge in [0.05, 0.1) is 29.8 Å². The third-order valence-electron chi connectivity index (χ3n) is 2.52. The van der Waals surface area contributed by atoms with Gasteiger partial charge in [0.2, 0.25) is 0 Å². The third kappa shape index (κ3) is 3.64. The molecule has 0 aliphatic rings. The van der Waals surface area contributed by atoms with Gasteiger partial charge in [-0.05, 0) is 25.1 Å². The zero-order valence-corrected chi connectivity index (χ0v) is 12.7. The van der Waals surface area contributed by atoms with Crippen LogP contribution in [0.15, 0.2) is 22.7 Å². The predicted octanol–water partition coefficient (Wildman–Crippen LogP) is 3.54. The van der Waals surface area contributed by atoms with Crippen LogP contribution in [0, 0.1) is 0 Å². The minimum absolute atomic E-state index is 0.253. The lowest BCUT2D eigenvalue weighted by atomic mass is 10.2. The summed E-state index contributed by atoms with van der Waals surface area (Å²) >= 11 is 9.45. The average molecular weight is 344 g/mol. The van der Waals surface area contributed by atoms with Crippen molar-refractivity contribution in [2.45, 2.75) is 19.8 Å². The summed E-state index contributed by atoms with van der Waals surface area (Å²) in [5.74, 6) is -0.253. The first-order chi connectivity index (χ1) is 9.10. The number of esters is 1. The molecule has 2 rings (SSSR count). The first-order valence-electron chi connectivity index (χ1n) is 5.87. The topological polar surface area (TPSA) is 52.1 Å². The molecule has 2 aromatic rings. The maximum absolute atomic E-state index is 11.3. The summed E-state index contributed by atoms with van der Waals surface area (Å²) in [4.78, 5) is 20.0. The van der Waals surface area contributed by atoms with Crippen molar-refractivity contribution >= 4 is 44.5 Å². The summed E-state index contributed by atoms with van der Waals surface area (Å²) in [6, 6.07) is 5.60. The fourth-order valence-electron chi connectivity index (χ4n) is 1.66. The van der Waals surface area contributed by atoms with Gasteiger partial charge in [0.25, 0.3) is 0 Å². The number of carbonyl (C=O) groups is 1. The molecular formula is C13H12BrClN2O2. The summed E-state index contributed by atoms with van der Waals surface area (Å²) in [7, 11) is 0. The van der Waals surface area contributed by atoms with E-state index in [-0.39, 0.29) is 12.4 Å². The second-order valence-electron chi connectivity index (χ2n) is 3.90. The molecular weight excluding hydrogens is 332 g/mol. The van der Waals surface area contributed by atoms with Crippen LogP contribution in [-0.2, 0) is 16.0 Å². The average Bonchev–Trinajstić information content (AvgIpc) is 2.36. The Hall–Kier alpha value is -1.20. The van der Waals surface area contributed by atoms with Crippen molar-refractivity contribution in [1.29, 1.82) is 0 Å². The van der Waals surface area contributed by atoms with Gasteiger partial charge in [0.15, 0.2) is 5.15 Å². The number of hydrogen-bond acceptors (Lipinski definition) is 4. The molecule has 0 saturated heterocycles. The van der Waals surface area contributed by atoms with Crippen molar-refractivity contribution in [3.63, 3.8) is 0 Å². The van der Waals surface area contributed by atoms with E-state index in [1.807, 2.05) is 18.2 Å². The number of rotatable bonds is 4. The Morgan fingerprint density at radius 2 is 2.16 bits per heavy atom. The number of hydrogen-bond donors (Lipinski definition) is 0. The van der Waals surface area contributed by atoms with Crippen molar-refractivity contribution in [2.75, 3.05) is 6.61 Å². The Morgan fingerprint density at radius 3 is 2.89 bits per heavy atom. The first kappa shape index (κ1) is 14.2. The van der Waals surface area contributed by atoms with Gasteiger partial charge in [-0.25, -0.2) is 9.97 Å². The van der Waals surface area contributed by atoms with Gasteiger partial charge in [-0.1, -0.05) is 27.5 Å². The zero-order chi connectivity index (χ0) is 13.8. The molecule has 0 saturated carbocycles. The van der Waals surface area contributed by atoms with E-state index in [4.69, 9.17) is 16.3 Å². The summed E-state index contributed by atoms with van der Waals surface area (Å²) in [6.45, 7) is 2.16. The monoisotopic (exact) mass is 342 g/mol. The fourth-order valence-corrected chi connectivity index (χ4v) is 2.23. The fraction of sp³-hybridized carbons (Fsp3) is 0.308. The van der Waals surface area contributed by atoms with Gasteiger partial charge in [-0.2, -0.15) is 0 Å². The number of benzene rings is 1. The maximum Gasteiger partial charge on any atom is 0.306 e. The van der Waals surface area contributed by atoms with E-state index in [0.717, 1.165) is 15.5 Å². The van der Waals surface area contributed by atoms with Crippen LogP contribution >= 0.6 is 27.5 Å². The van der Waals surface area contributed by atoms with E-state index in [2.05, 4.69) is 25.9 Å². The lowest BCUT2D eigenvalue weighted by molar-refractivity contribution is -0.143. The molecule has 0 aliphatic heterocycles. The molecule has 1 heterocycles. The molecule has 0 aliphatic carbocycles. The van der Waals surface area contributed by atoms with Gasteiger partial charge in [0.1, 0.15) is 0 Å². The van der Waals surface area contributed by atoms with Crippen LogP contribution in [0.25, 0.3) is 11.0 Å². The van der Waals surface area contributed by atoms with Crippen LogP contribution in [0.2, 0.25) is 5.15 Å². The van der Waals surface area contributed by atoms with Crippen molar-refractivity contribution in [3.05, 3.63) is 33.5 Å². The number of aryl methyl sites for hydroxylation is 1.